The highest BCUT2D eigenvalue weighted by atomic mass is 35.5. The third kappa shape index (κ3) is 4.51. The third-order valence-corrected chi connectivity index (χ3v) is 3.62. The summed E-state index contributed by atoms with van der Waals surface area (Å²) in [4.78, 5) is 0. The number of benzene rings is 2. The number of fused-ring (bicyclic) bond motifs is 1. The molecule has 1 aliphatic rings. The fourth-order valence-electron chi connectivity index (χ4n) is 2.24. The van der Waals surface area contributed by atoms with Gasteiger partial charge >= 0.3 is 0 Å². The Kier molecular flexibility index (Phi) is 5.23. The Morgan fingerprint density at radius 3 is 2.91 bits per heavy atom. The van der Waals surface area contributed by atoms with E-state index < -0.39 is 6.10 Å². The summed E-state index contributed by atoms with van der Waals surface area (Å²) < 4.78 is 16.1. The molecule has 0 saturated carbocycles. The van der Waals surface area contributed by atoms with Gasteiger partial charge in [0.2, 0.25) is 6.79 Å². The fourth-order valence-corrected chi connectivity index (χ4v) is 2.42. The van der Waals surface area contributed by atoms with Crippen LogP contribution in [0.3, 0.4) is 0 Å². The molecule has 1 heterocycles. The van der Waals surface area contributed by atoms with Crippen LogP contribution < -0.4 is 19.5 Å². The van der Waals surface area contributed by atoms with Gasteiger partial charge in [-0.1, -0.05) is 23.7 Å². The van der Waals surface area contributed by atoms with Crippen LogP contribution >= 0.6 is 11.6 Å². The molecule has 0 aromatic heterocycles. The van der Waals surface area contributed by atoms with E-state index in [2.05, 4.69) is 5.32 Å². The summed E-state index contributed by atoms with van der Waals surface area (Å²) in [6.07, 6.45) is -0.608. The first kappa shape index (κ1) is 15.9. The maximum Gasteiger partial charge on any atom is 0.231 e. The lowest BCUT2D eigenvalue weighted by Gasteiger charge is -2.13. The Bertz CT molecular complexity index is 665. The summed E-state index contributed by atoms with van der Waals surface area (Å²) in [5.74, 6) is 2.17. The summed E-state index contributed by atoms with van der Waals surface area (Å²) in [6, 6.07) is 12.9. The molecule has 0 aliphatic carbocycles. The van der Waals surface area contributed by atoms with Crippen molar-refractivity contribution < 1.29 is 19.3 Å². The summed E-state index contributed by atoms with van der Waals surface area (Å²) in [6.45, 7) is 1.53. The summed E-state index contributed by atoms with van der Waals surface area (Å²) in [7, 11) is 0. The van der Waals surface area contributed by atoms with Crippen molar-refractivity contribution in [1.29, 1.82) is 0 Å². The Morgan fingerprint density at radius 2 is 2.04 bits per heavy atom. The maximum absolute atomic E-state index is 9.95. The number of rotatable bonds is 7. The van der Waals surface area contributed by atoms with Gasteiger partial charge in [-0.25, -0.2) is 0 Å². The molecular weight excluding hydrogens is 318 g/mol. The molecule has 1 atom stereocenters. The van der Waals surface area contributed by atoms with Crippen LogP contribution in [0.25, 0.3) is 0 Å². The molecule has 1 aliphatic heterocycles. The van der Waals surface area contributed by atoms with Crippen LogP contribution in [0.15, 0.2) is 42.5 Å². The van der Waals surface area contributed by atoms with Crippen molar-refractivity contribution in [3.63, 3.8) is 0 Å². The lowest BCUT2D eigenvalue weighted by atomic mass is 10.2. The standard InChI is InChI=1S/C17H18ClNO4/c18-13-2-1-3-15(7-13)21-10-14(20)9-19-8-12-4-5-16-17(6-12)23-11-22-16/h1-7,14,19-20H,8-11H2. The first-order chi connectivity index (χ1) is 11.2. The van der Waals surface area contributed by atoms with Gasteiger partial charge in [0.15, 0.2) is 11.5 Å². The molecule has 2 aromatic rings. The molecule has 0 saturated heterocycles. The van der Waals surface area contributed by atoms with Gasteiger partial charge in [0.25, 0.3) is 0 Å². The number of hydrogen-bond acceptors (Lipinski definition) is 5. The number of hydrogen-bond donors (Lipinski definition) is 2. The minimum Gasteiger partial charge on any atom is -0.491 e. The molecule has 0 bridgehead atoms. The van der Waals surface area contributed by atoms with Crippen LogP contribution in [0.2, 0.25) is 5.02 Å². The van der Waals surface area contributed by atoms with Crippen LogP contribution in [-0.2, 0) is 6.54 Å². The molecule has 2 N–H and O–H groups in total. The minimum atomic E-state index is -0.608. The van der Waals surface area contributed by atoms with Gasteiger partial charge in [0.05, 0.1) is 0 Å². The van der Waals surface area contributed by atoms with Gasteiger partial charge in [-0.2, -0.15) is 0 Å². The highest BCUT2D eigenvalue weighted by Gasteiger charge is 2.13. The molecule has 3 rings (SSSR count). The highest BCUT2D eigenvalue weighted by Crippen LogP contribution is 2.32. The predicted molar refractivity (Wildman–Crippen MR) is 87.2 cm³/mol. The van der Waals surface area contributed by atoms with Crippen molar-refractivity contribution in [2.45, 2.75) is 12.6 Å². The zero-order chi connectivity index (χ0) is 16.1. The van der Waals surface area contributed by atoms with Crippen LogP contribution in [0.5, 0.6) is 17.2 Å². The maximum atomic E-state index is 9.95. The number of nitrogens with one attached hydrogen (secondary N) is 1. The zero-order valence-electron chi connectivity index (χ0n) is 12.5. The Hall–Kier alpha value is -1.95. The average Bonchev–Trinajstić information content (AvgIpc) is 3.01. The zero-order valence-corrected chi connectivity index (χ0v) is 13.3. The smallest absolute Gasteiger partial charge is 0.231 e. The number of aliphatic hydroxyl groups excluding tert-OH is 1. The van der Waals surface area contributed by atoms with Crippen molar-refractivity contribution >= 4 is 11.6 Å². The second kappa shape index (κ2) is 7.55. The van der Waals surface area contributed by atoms with Crippen molar-refractivity contribution in [1.82, 2.24) is 5.32 Å². The van der Waals surface area contributed by atoms with E-state index in [1.165, 1.54) is 0 Å². The normalized spacial score (nSPS) is 13.8. The lowest BCUT2D eigenvalue weighted by Crippen LogP contribution is -2.31. The molecule has 1 unspecified atom stereocenters. The topological polar surface area (TPSA) is 60.0 Å². The Balaban J connectivity index is 1.40. The van der Waals surface area contributed by atoms with Crippen LogP contribution in [-0.4, -0.2) is 31.2 Å². The SMILES string of the molecule is OC(CNCc1ccc2c(c1)OCO2)COc1cccc(Cl)c1. The summed E-state index contributed by atoms with van der Waals surface area (Å²) in [5.41, 5.74) is 1.07. The molecule has 23 heavy (non-hydrogen) atoms. The van der Waals surface area contributed by atoms with Gasteiger partial charge in [-0.3, -0.25) is 0 Å². The number of aliphatic hydroxyl groups is 1. The van der Waals surface area contributed by atoms with Crippen molar-refractivity contribution in [2.24, 2.45) is 0 Å². The van der Waals surface area contributed by atoms with Gasteiger partial charge in [-0.05, 0) is 35.9 Å². The molecular formula is C17H18ClNO4. The van der Waals surface area contributed by atoms with E-state index in [0.29, 0.717) is 23.9 Å². The molecule has 6 heteroatoms. The van der Waals surface area contributed by atoms with E-state index in [1.54, 1.807) is 18.2 Å². The Labute approximate surface area is 139 Å². The first-order valence-corrected chi connectivity index (χ1v) is 7.74. The molecule has 2 aromatic carbocycles. The molecule has 0 amide bonds. The molecule has 122 valence electrons. The monoisotopic (exact) mass is 335 g/mol. The number of ether oxygens (including phenoxy) is 3. The van der Waals surface area contributed by atoms with Crippen LogP contribution in [0, 0.1) is 0 Å². The Morgan fingerprint density at radius 1 is 1.17 bits per heavy atom. The molecule has 0 fully saturated rings. The van der Waals surface area contributed by atoms with Crippen molar-refractivity contribution in [3.8, 4) is 17.2 Å². The van der Waals surface area contributed by atoms with E-state index in [4.69, 9.17) is 25.8 Å². The third-order valence-electron chi connectivity index (χ3n) is 3.38. The minimum absolute atomic E-state index is 0.203. The molecule has 0 radical (unpaired) electrons. The summed E-state index contributed by atoms with van der Waals surface area (Å²) >= 11 is 5.88. The van der Waals surface area contributed by atoms with E-state index in [1.807, 2.05) is 24.3 Å². The van der Waals surface area contributed by atoms with Crippen LogP contribution in [0.1, 0.15) is 5.56 Å². The van der Waals surface area contributed by atoms with E-state index in [-0.39, 0.29) is 13.4 Å². The quantitative estimate of drug-likeness (QED) is 0.814. The van der Waals surface area contributed by atoms with Gasteiger partial charge in [0, 0.05) is 18.1 Å². The average molecular weight is 336 g/mol. The van der Waals surface area contributed by atoms with Gasteiger partial charge in [-0.15, -0.1) is 0 Å². The highest BCUT2D eigenvalue weighted by molar-refractivity contribution is 6.30. The lowest BCUT2D eigenvalue weighted by molar-refractivity contribution is 0.106. The van der Waals surface area contributed by atoms with Crippen molar-refractivity contribution in [3.05, 3.63) is 53.1 Å². The summed E-state index contributed by atoms with van der Waals surface area (Å²) in [5, 5.41) is 13.7. The first-order valence-electron chi connectivity index (χ1n) is 7.36. The van der Waals surface area contributed by atoms with E-state index in [9.17, 15) is 5.11 Å². The predicted octanol–water partition coefficient (Wildman–Crippen LogP) is 2.60. The second-order valence-corrected chi connectivity index (χ2v) is 5.68. The van der Waals surface area contributed by atoms with Crippen LogP contribution in [0.4, 0.5) is 0 Å². The van der Waals surface area contributed by atoms with E-state index >= 15 is 0 Å². The van der Waals surface area contributed by atoms with E-state index in [0.717, 1.165) is 17.1 Å². The van der Waals surface area contributed by atoms with Gasteiger partial charge < -0.3 is 24.6 Å². The fraction of sp³-hybridized carbons (Fsp3) is 0.294. The second-order valence-electron chi connectivity index (χ2n) is 5.24. The van der Waals surface area contributed by atoms with Gasteiger partial charge in [0.1, 0.15) is 18.5 Å². The van der Waals surface area contributed by atoms with Crippen molar-refractivity contribution in [2.75, 3.05) is 19.9 Å². The number of halogens is 1. The molecule has 5 nitrogen and oxygen atoms in total. The molecule has 0 spiro atoms. The largest absolute Gasteiger partial charge is 0.491 e.